The maximum Gasteiger partial charge on any atom is 0.271 e. The van der Waals surface area contributed by atoms with E-state index in [2.05, 4.69) is 31.4 Å². The standard InChI is InChI=1S/C10H12BrN5O/c1-2-12-10(17)9-3-4-15(14-9)7-16-6-8(11)5-13-16/h3-6H,2,7H2,1H3,(H,12,17). The molecular formula is C10H12BrN5O. The fraction of sp³-hybridized carbons (Fsp3) is 0.300. The van der Waals surface area contributed by atoms with Crippen molar-refractivity contribution in [2.75, 3.05) is 6.54 Å². The molecule has 0 aliphatic carbocycles. The van der Waals surface area contributed by atoms with E-state index in [9.17, 15) is 4.79 Å². The zero-order chi connectivity index (χ0) is 12.3. The van der Waals surface area contributed by atoms with Crippen LogP contribution in [-0.4, -0.2) is 32.0 Å². The van der Waals surface area contributed by atoms with Crippen LogP contribution < -0.4 is 5.32 Å². The van der Waals surface area contributed by atoms with Gasteiger partial charge in [-0.05, 0) is 28.9 Å². The molecule has 0 atom stereocenters. The number of carbonyl (C=O) groups is 1. The first-order chi connectivity index (χ1) is 8.19. The fourth-order valence-electron chi connectivity index (χ4n) is 1.38. The van der Waals surface area contributed by atoms with Crippen molar-refractivity contribution in [3.05, 3.63) is 34.8 Å². The minimum absolute atomic E-state index is 0.159. The van der Waals surface area contributed by atoms with Crippen LogP contribution in [0.1, 0.15) is 17.4 Å². The summed E-state index contributed by atoms with van der Waals surface area (Å²) in [6.45, 7) is 2.94. The van der Waals surface area contributed by atoms with Crippen LogP contribution in [0.3, 0.4) is 0 Å². The van der Waals surface area contributed by atoms with E-state index in [0.717, 1.165) is 4.47 Å². The minimum atomic E-state index is -0.159. The lowest BCUT2D eigenvalue weighted by atomic mass is 10.4. The molecule has 0 saturated heterocycles. The third kappa shape index (κ3) is 2.94. The van der Waals surface area contributed by atoms with Gasteiger partial charge in [-0.1, -0.05) is 0 Å². The number of hydrogen-bond acceptors (Lipinski definition) is 3. The molecule has 6 nitrogen and oxygen atoms in total. The van der Waals surface area contributed by atoms with Gasteiger partial charge in [-0.3, -0.25) is 9.48 Å². The number of carbonyl (C=O) groups excluding carboxylic acids is 1. The van der Waals surface area contributed by atoms with Crippen LogP contribution >= 0.6 is 15.9 Å². The number of aromatic nitrogens is 4. The number of nitrogens with zero attached hydrogens (tertiary/aromatic N) is 4. The molecule has 2 aromatic heterocycles. The molecule has 0 saturated carbocycles. The van der Waals surface area contributed by atoms with Crippen molar-refractivity contribution in [1.29, 1.82) is 0 Å². The molecule has 0 spiro atoms. The van der Waals surface area contributed by atoms with Crippen molar-refractivity contribution < 1.29 is 4.79 Å². The summed E-state index contributed by atoms with van der Waals surface area (Å²) < 4.78 is 4.29. The lowest BCUT2D eigenvalue weighted by Gasteiger charge is -2.01. The Kier molecular flexibility index (Phi) is 3.58. The zero-order valence-corrected chi connectivity index (χ0v) is 10.9. The third-order valence-electron chi connectivity index (χ3n) is 2.10. The maximum atomic E-state index is 11.5. The summed E-state index contributed by atoms with van der Waals surface area (Å²) in [5, 5.41) is 11.0. The third-order valence-corrected chi connectivity index (χ3v) is 2.51. The Labute approximate surface area is 107 Å². The van der Waals surface area contributed by atoms with Crippen LogP contribution in [0.4, 0.5) is 0 Å². The van der Waals surface area contributed by atoms with E-state index in [1.165, 1.54) is 0 Å². The zero-order valence-electron chi connectivity index (χ0n) is 9.30. The smallest absolute Gasteiger partial charge is 0.271 e. The maximum absolute atomic E-state index is 11.5. The quantitative estimate of drug-likeness (QED) is 0.919. The summed E-state index contributed by atoms with van der Waals surface area (Å²) in [7, 11) is 0. The van der Waals surface area contributed by atoms with Crippen molar-refractivity contribution >= 4 is 21.8 Å². The highest BCUT2D eigenvalue weighted by Gasteiger charge is 2.08. The Morgan fingerprint density at radius 1 is 1.53 bits per heavy atom. The topological polar surface area (TPSA) is 64.7 Å². The molecule has 2 aromatic rings. The SMILES string of the molecule is CCNC(=O)c1ccn(Cn2cc(Br)cn2)n1. The van der Waals surface area contributed by atoms with Crippen LogP contribution in [0, 0.1) is 0 Å². The second-order valence-electron chi connectivity index (χ2n) is 3.44. The monoisotopic (exact) mass is 297 g/mol. The molecule has 7 heteroatoms. The van der Waals surface area contributed by atoms with E-state index in [1.807, 2.05) is 13.1 Å². The first-order valence-corrected chi connectivity index (χ1v) is 5.98. The van der Waals surface area contributed by atoms with Gasteiger partial charge < -0.3 is 5.32 Å². The molecule has 0 aromatic carbocycles. The van der Waals surface area contributed by atoms with Crippen LogP contribution in [0.5, 0.6) is 0 Å². The van der Waals surface area contributed by atoms with Crippen molar-refractivity contribution in [3.63, 3.8) is 0 Å². The number of halogens is 1. The van der Waals surface area contributed by atoms with Crippen LogP contribution in [0.25, 0.3) is 0 Å². The van der Waals surface area contributed by atoms with E-state index in [0.29, 0.717) is 18.9 Å². The molecule has 1 amide bonds. The van der Waals surface area contributed by atoms with Crippen LogP contribution in [-0.2, 0) is 6.67 Å². The minimum Gasteiger partial charge on any atom is -0.351 e. The van der Waals surface area contributed by atoms with Crippen molar-refractivity contribution in [2.45, 2.75) is 13.6 Å². The normalized spacial score (nSPS) is 10.5. The summed E-state index contributed by atoms with van der Waals surface area (Å²) in [4.78, 5) is 11.5. The summed E-state index contributed by atoms with van der Waals surface area (Å²) in [5.41, 5.74) is 0.415. The van der Waals surface area contributed by atoms with Gasteiger partial charge in [0.25, 0.3) is 5.91 Å². The van der Waals surface area contributed by atoms with E-state index in [-0.39, 0.29) is 5.91 Å². The molecule has 90 valence electrons. The summed E-state index contributed by atoms with van der Waals surface area (Å²) >= 11 is 3.32. The van der Waals surface area contributed by atoms with Crippen molar-refractivity contribution in [3.8, 4) is 0 Å². The highest BCUT2D eigenvalue weighted by Crippen LogP contribution is 2.06. The van der Waals surface area contributed by atoms with Crippen LogP contribution in [0.2, 0.25) is 0 Å². The van der Waals surface area contributed by atoms with E-state index >= 15 is 0 Å². The molecule has 0 aliphatic heterocycles. The number of amides is 1. The predicted octanol–water partition coefficient (Wildman–Crippen LogP) is 1.10. The first kappa shape index (κ1) is 11.8. The number of nitrogens with one attached hydrogen (secondary N) is 1. The second-order valence-corrected chi connectivity index (χ2v) is 4.36. The van der Waals surface area contributed by atoms with Gasteiger partial charge in [0.1, 0.15) is 12.4 Å². The molecule has 2 heterocycles. The van der Waals surface area contributed by atoms with Gasteiger partial charge >= 0.3 is 0 Å². The highest BCUT2D eigenvalue weighted by atomic mass is 79.9. The van der Waals surface area contributed by atoms with Gasteiger partial charge in [-0.2, -0.15) is 10.2 Å². The molecule has 1 N–H and O–H groups in total. The Bertz CT molecular complexity index is 518. The molecule has 0 radical (unpaired) electrons. The van der Waals surface area contributed by atoms with Crippen LogP contribution in [0.15, 0.2) is 29.1 Å². The van der Waals surface area contributed by atoms with E-state index in [4.69, 9.17) is 0 Å². The predicted molar refractivity (Wildman–Crippen MR) is 65.6 cm³/mol. The van der Waals surface area contributed by atoms with Gasteiger partial charge in [0.15, 0.2) is 0 Å². The lowest BCUT2D eigenvalue weighted by molar-refractivity contribution is 0.0950. The molecule has 2 rings (SSSR count). The molecule has 0 bridgehead atoms. The molecule has 0 unspecified atom stereocenters. The Hall–Kier alpha value is -1.63. The van der Waals surface area contributed by atoms with Crippen molar-refractivity contribution in [2.24, 2.45) is 0 Å². The highest BCUT2D eigenvalue weighted by molar-refractivity contribution is 9.10. The Balaban J connectivity index is 2.06. The summed E-state index contributed by atoms with van der Waals surface area (Å²) in [6, 6.07) is 1.68. The van der Waals surface area contributed by atoms with E-state index in [1.54, 1.807) is 27.8 Å². The van der Waals surface area contributed by atoms with Crippen molar-refractivity contribution in [1.82, 2.24) is 24.9 Å². The largest absolute Gasteiger partial charge is 0.351 e. The fourth-order valence-corrected chi connectivity index (χ4v) is 1.70. The summed E-state index contributed by atoms with van der Waals surface area (Å²) in [5.74, 6) is -0.159. The first-order valence-electron chi connectivity index (χ1n) is 5.18. The van der Waals surface area contributed by atoms with Gasteiger partial charge in [0, 0.05) is 18.9 Å². The number of rotatable bonds is 4. The lowest BCUT2D eigenvalue weighted by Crippen LogP contribution is -2.23. The van der Waals surface area contributed by atoms with E-state index < -0.39 is 0 Å². The molecule has 17 heavy (non-hydrogen) atoms. The molecular weight excluding hydrogens is 286 g/mol. The molecule has 0 aliphatic rings. The van der Waals surface area contributed by atoms with Gasteiger partial charge in [-0.15, -0.1) is 0 Å². The van der Waals surface area contributed by atoms with Gasteiger partial charge in [0.05, 0.1) is 10.7 Å². The van der Waals surface area contributed by atoms with Gasteiger partial charge in [0.2, 0.25) is 0 Å². The summed E-state index contributed by atoms with van der Waals surface area (Å²) in [6.07, 6.45) is 5.29. The molecule has 0 fully saturated rings. The second kappa shape index (κ2) is 5.13. The average Bonchev–Trinajstić information content (AvgIpc) is 2.89. The Morgan fingerprint density at radius 2 is 2.35 bits per heavy atom. The Morgan fingerprint density at radius 3 is 3.00 bits per heavy atom. The van der Waals surface area contributed by atoms with Gasteiger partial charge in [-0.25, -0.2) is 4.68 Å². The number of hydrogen-bond donors (Lipinski definition) is 1. The average molecular weight is 298 g/mol.